The molecule has 0 aromatic heterocycles. The van der Waals surface area contributed by atoms with Crippen LogP contribution in [0.15, 0.2) is 53.0 Å². The Balaban J connectivity index is 1.73. The predicted molar refractivity (Wildman–Crippen MR) is 176 cm³/mol. The number of allylic oxidation sites excluding steroid dienone is 2. The zero-order valence-electron chi connectivity index (χ0n) is 27.6. The number of carbonyl (C=O) groups is 3. The van der Waals surface area contributed by atoms with E-state index in [9.17, 15) is 34.8 Å². The number of fused-ring (bicyclic) bond motifs is 3. The smallest absolute Gasteiger partial charge is 0.209 e. The molecular formula is C39H44O7. The minimum atomic E-state index is -2.63. The van der Waals surface area contributed by atoms with Gasteiger partial charge in [-0.25, -0.2) is 0 Å². The number of hydrogen-bond donors (Lipinski definition) is 4. The summed E-state index contributed by atoms with van der Waals surface area (Å²) >= 11 is 0. The van der Waals surface area contributed by atoms with Crippen LogP contribution in [0, 0.1) is 35.0 Å². The number of aromatic hydroxyl groups is 1. The van der Waals surface area contributed by atoms with Crippen molar-refractivity contribution in [3.05, 3.63) is 75.3 Å². The van der Waals surface area contributed by atoms with Crippen LogP contribution in [0.4, 0.5) is 0 Å². The number of hydrogen-bond acceptors (Lipinski definition) is 7. The quantitative estimate of drug-likeness (QED) is 0.142. The highest BCUT2D eigenvalue weighted by atomic mass is 16.3. The fourth-order valence-corrected chi connectivity index (χ4v) is 8.88. The lowest BCUT2D eigenvalue weighted by molar-refractivity contribution is -0.171. The van der Waals surface area contributed by atoms with E-state index in [1.54, 1.807) is 6.92 Å². The van der Waals surface area contributed by atoms with Crippen molar-refractivity contribution in [2.45, 2.75) is 92.1 Å². The Bertz CT molecular complexity index is 1770. The first-order chi connectivity index (χ1) is 21.6. The number of aliphatic hydroxyl groups is 3. The molecule has 0 amide bonds. The van der Waals surface area contributed by atoms with E-state index >= 15 is 0 Å². The monoisotopic (exact) mass is 624 g/mol. The van der Waals surface area contributed by atoms with Gasteiger partial charge in [-0.2, -0.15) is 0 Å². The fraction of sp³-hybridized carbons (Fsp3) is 0.462. The summed E-state index contributed by atoms with van der Waals surface area (Å²) in [5.41, 5.74) is -1.26. The molecule has 0 aliphatic heterocycles. The summed E-state index contributed by atoms with van der Waals surface area (Å²) in [6, 6.07) is 9.64. The molecule has 242 valence electrons. The maximum Gasteiger partial charge on any atom is 0.209 e. The molecule has 46 heavy (non-hydrogen) atoms. The minimum Gasteiger partial charge on any atom is -0.511 e. The van der Waals surface area contributed by atoms with Gasteiger partial charge >= 0.3 is 0 Å². The van der Waals surface area contributed by atoms with Gasteiger partial charge in [-0.15, -0.1) is 12.3 Å². The van der Waals surface area contributed by atoms with E-state index in [2.05, 4.69) is 31.0 Å². The molecule has 0 saturated carbocycles. The maximum absolute atomic E-state index is 14.5. The van der Waals surface area contributed by atoms with Crippen molar-refractivity contribution in [1.82, 2.24) is 0 Å². The first-order valence-corrected chi connectivity index (χ1v) is 16.2. The highest BCUT2D eigenvalue weighted by Crippen LogP contribution is 2.65. The first-order valence-electron chi connectivity index (χ1n) is 16.2. The van der Waals surface area contributed by atoms with E-state index in [0.717, 1.165) is 61.3 Å². The number of aliphatic hydroxyl groups excluding tert-OH is 2. The van der Waals surface area contributed by atoms with E-state index in [-0.39, 0.29) is 35.6 Å². The molecule has 0 fully saturated rings. The van der Waals surface area contributed by atoms with Gasteiger partial charge in [0.2, 0.25) is 5.78 Å². The van der Waals surface area contributed by atoms with Gasteiger partial charge in [0.05, 0.1) is 5.56 Å². The van der Waals surface area contributed by atoms with Crippen molar-refractivity contribution >= 4 is 17.3 Å². The summed E-state index contributed by atoms with van der Waals surface area (Å²) < 4.78 is 0. The van der Waals surface area contributed by atoms with Crippen molar-refractivity contribution in [3.8, 4) is 29.2 Å². The number of terminal acetylenes is 1. The van der Waals surface area contributed by atoms with Gasteiger partial charge < -0.3 is 20.4 Å². The molecule has 1 unspecified atom stereocenters. The van der Waals surface area contributed by atoms with E-state index in [0.29, 0.717) is 5.56 Å². The number of phenols is 1. The Hall–Kier alpha value is -4.15. The third-order valence-electron chi connectivity index (χ3n) is 10.8. The van der Waals surface area contributed by atoms with Crippen LogP contribution in [0.5, 0.6) is 5.75 Å². The van der Waals surface area contributed by atoms with Crippen LogP contribution < -0.4 is 0 Å². The lowest BCUT2D eigenvalue weighted by Crippen LogP contribution is -2.67. The minimum absolute atomic E-state index is 0.0269. The number of rotatable bonds is 8. The van der Waals surface area contributed by atoms with Gasteiger partial charge in [-0.3, -0.25) is 14.4 Å². The van der Waals surface area contributed by atoms with Crippen LogP contribution >= 0.6 is 0 Å². The van der Waals surface area contributed by atoms with Crippen molar-refractivity contribution in [2.24, 2.45) is 22.7 Å². The zero-order chi connectivity index (χ0) is 33.9. The summed E-state index contributed by atoms with van der Waals surface area (Å²) in [5, 5.41) is 46.7. The molecule has 0 spiro atoms. The number of ketones is 3. The molecule has 0 bridgehead atoms. The number of unbranched alkanes of at least 4 members (excludes halogenated alkanes) is 2. The Morgan fingerprint density at radius 1 is 1.07 bits per heavy atom. The Labute approximate surface area is 271 Å². The second kappa shape index (κ2) is 11.6. The second-order valence-corrected chi connectivity index (χ2v) is 14.2. The maximum atomic E-state index is 14.5. The molecule has 0 saturated heterocycles. The molecule has 4 atom stereocenters. The summed E-state index contributed by atoms with van der Waals surface area (Å²) in [6.07, 6.45) is 9.87. The Morgan fingerprint density at radius 3 is 2.37 bits per heavy atom. The molecule has 0 radical (unpaired) electrons. The van der Waals surface area contributed by atoms with Crippen LogP contribution in [0.2, 0.25) is 0 Å². The summed E-state index contributed by atoms with van der Waals surface area (Å²) in [6.45, 7) is 10.3. The summed E-state index contributed by atoms with van der Waals surface area (Å²) in [5.74, 6) is -2.51. The molecule has 2 aromatic rings. The van der Waals surface area contributed by atoms with Crippen LogP contribution in [-0.2, 0) is 28.9 Å². The zero-order valence-corrected chi connectivity index (χ0v) is 27.6. The highest BCUT2D eigenvalue weighted by molar-refractivity contribution is 6.25. The lowest BCUT2D eigenvalue weighted by atomic mass is 9.44. The lowest BCUT2D eigenvalue weighted by Gasteiger charge is -2.59. The van der Waals surface area contributed by atoms with E-state index in [4.69, 9.17) is 6.42 Å². The molecular weight excluding hydrogens is 580 g/mol. The average Bonchev–Trinajstić information content (AvgIpc) is 2.97. The van der Waals surface area contributed by atoms with Gasteiger partial charge in [-0.1, -0.05) is 58.9 Å². The number of aryl methyl sites for hydroxylation is 2. The largest absolute Gasteiger partial charge is 0.511 e. The van der Waals surface area contributed by atoms with Crippen molar-refractivity contribution in [3.63, 3.8) is 0 Å². The molecule has 0 heterocycles. The molecule has 3 aliphatic carbocycles. The fourth-order valence-electron chi connectivity index (χ4n) is 8.88. The molecule has 7 nitrogen and oxygen atoms in total. The SMILES string of the molecule is C#CCCCCc1ccc(CC)c(-c2ccc(O)c3c2C[C@]2(C)C[C@]4(C)C(C(C)C)C(O)=C(C(C)=O)C(=O)[C@]4(O)C(O)=C2C3=O)c1. The molecule has 7 heteroatoms. The molecule has 4 N–H and O–H groups in total. The topological polar surface area (TPSA) is 132 Å². The van der Waals surface area contributed by atoms with Crippen LogP contribution in [0.3, 0.4) is 0 Å². The van der Waals surface area contributed by atoms with Crippen LogP contribution in [0.25, 0.3) is 11.1 Å². The number of phenolic OH excluding ortho intramolecular Hbond substituents is 1. The number of benzene rings is 2. The normalized spacial score (nSPS) is 27.3. The third-order valence-corrected chi connectivity index (χ3v) is 10.8. The van der Waals surface area contributed by atoms with Gasteiger partial charge in [0, 0.05) is 28.7 Å². The molecule has 3 aliphatic rings. The standard InChI is InChI=1S/C39H44O7/c1-8-10-11-12-13-23-14-15-24(9-2)26(18-23)25-16-17-28(41)30-27(25)19-37(6)20-38(7)31(21(3)4)33(42)29(22(5)40)35(44)39(38,46)36(45)32(37)34(30)43/h1,14-18,21,31,41-42,45-46H,9-13,19-20H2,2-7H3/t31?,37-,38-,39+/m1/s1. The third kappa shape index (κ3) is 4.64. The van der Waals surface area contributed by atoms with E-state index in [1.807, 2.05) is 26.8 Å². The van der Waals surface area contributed by atoms with Gasteiger partial charge in [0.25, 0.3) is 0 Å². The number of carbonyl (C=O) groups excluding carboxylic acids is 3. The predicted octanol–water partition coefficient (Wildman–Crippen LogP) is 6.92. The van der Waals surface area contributed by atoms with Gasteiger partial charge in [0.1, 0.15) is 22.8 Å². The van der Waals surface area contributed by atoms with Crippen molar-refractivity contribution in [1.29, 1.82) is 0 Å². The first kappa shape index (κ1) is 33.2. The van der Waals surface area contributed by atoms with E-state index in [1.165, 1.54) is 6.07 Å². The second-order valence-electron chi connectivity index (χ2n) is 14.2. The average molecular weight is 625 g/mol. The van der Waals surface area contributed by atoms with Crippen LogP contribution in [-0.4, -0.2) is 43.4 Å². The Morgan fingerprint density at radius 2 is 1.76 bits per heavy atom. The summed E-state index contributed by atoms with van der Waals surface area (Å²) in [7, 11) is 0. The highest BCUT2D eigenvalue weighted by Gasteiger charge is 2.71. The molecule has 2 aromatic carbocycles. The van der Waals surface area contributed by atoms with E-state index < -0.39 is 56.8 Å². The molecule has 5 rings (SSSR count). The summed E-state index contributed by atoms with van der Waals surface area (Å²) in [4.78, 5) is 41.0. The van der Waals surface area contributed by atoms with Gasteiger partial charge in [-0.05, 0) is 85.3 Å². The number of Topliss-reactive ketones (excluding diaryl/α,β-unsaturated/α-hetero) is 3. The Kier molecular flexibility index (Phi) is 8.36. The van der Waals surface area contributed by atoms with Crippen LogP contribution in [0.1, 0.15) is 94.3 Å². The van der Waals surface area contributed by atoms with Crippen molar-refractivity contribution in [2.75, 3.05) is 0 Å². The van der Waals surface area contributed by atoms with Crippen molar-refractivity contribution < 1.29 is 34.8 Å². The van der Waals surface area contributed by atoms with Gasteiger partial charge in [0.15, 0.2) is 17.2 Å².